The Labute approximate surface area is 255 Å². The molecule has 0 aliphatic carbocycles. The monoisotopic (exact) mass is 598 g/mol. The number of nitrogens with zero attached hydrogens (tertiary/aromatic N) is 3. The molecule has 9 nitrogen and oxygen atoms in total. The first kappa shape index (κ1) is 29.9. The van der Waals surface area contributed by atoms with Crippen LogP contribution < -0.4 is 18.9 Å². The first-order valence-corrected chi connectivity index (χ1v) is 14.8. The highest BCUT2D eigenvalue weighted by Gasteiger charge is 2.36. The Morgan fingerprint density at radius 1 is 1.00 bits per heavy atom. The molecule has 3 aromatic rings. The number of benzene rings is 3. The fourth-order valence-corrected chi connectivity index (χ4v) is 5.50. The number of hydrogen-bond acceptors (Lipinski definition) is 8. The maximum atomic E-state index is 13.0. The van der Waals surface area contributed by atoms with Crippen molar-refractivity contribution >= 4 is 39.8 Å². The van der Waals surface area contributed by atoms with Crippen LogP contribution in [0.4, 0.5) is 0 Å². The number of aryl methyl sites for hydroxylation is 1. The molecule has 3 aromatic carbocycles. The molecule has 0 saturated heterocycles. The summed E-state index contributed by atoms with van der Waals surface area (Å²) in [4.78, 5) is 17.2. The first-order chi connectivity index (χ1) is 20.8. The average Bonchev–Trinajstić information content (AvgIpc) is 3.45. The van der Waals surface area contributed by atoms with Gasteiger partial charge in [0.2, 0.25) is 10.9 Å². The van der Waals surface area contributed by atoms with E-state index in [-0.39, 0.29) is 18.0 Å². The summed E-state index contributed by atoms with van der Waals surface area (Å²) in [5.74, 6) is 1.95. The summed E-state index contributed by atoms with van der Waals surface area (Å²) in [6, 6.07) is 19.5. The van der Waals surface area contributed by atoms with Crippen LogP contribution in [0.15, 0.2) is 76.3 Å². The number of nitrogens with one attached hydrogen (secondary N) is 1. The van der Waals surface area contributed by atoms with Crippen molar-refractivity contribution in [2.45, 2.75) is 33.1 Å². The molecule has 0 aromatic heterocycles. The number of amidine groups is 2. The smallest absolute Gasteiger partial charge is 0.283 e. The molecule has 1 amide bonds. The van der Waals surface area contributed by atoms with E-state index in [4.69, 9.17) is 24.4 Å². The lowest BCUT2D eigenvalue weighted by molar-refractivity contribution is -0.114. The molecule has 1 unspecified atom stereocenters. The van der Waals surface area contributed by atoms with Crippen LogP contribution in [0.2, 0.25) is 0 Å². The summed E-state index contributed by atoms with van der Waals surface area (Å²) in [5, 5.41) is 15.7. The molecule has 1 atom stereocenters. The molecular weight excluding hydrogens is 564 g/mol. The van der Waals surface area contributed by atoms with E-state index in [1.54, 1.807) is 18.2 Å². The van der Waals surface area contributed by atoms with Crippen LogP contribution in [0.1, 0.15) is 48.4 Å². The van der Waals surface area contributed by atoms with Gasteiger partial charge in [0.1, 0.15) is 24.0 Å². The highest BCUT2D eigenvalue weighted by Crippen LogP contribution is 2.40. The second kappa shape index (κ2) is 13.2. The second-order valence-corrected chi connectivity index (χ2v) is 11.1. The zero-order valence-electron chi connectivity index (χ0n) is 24.8. The summed E-state index contributed by atoms with van der Waals surface area (Å²) in [6.45, 7) is 6.96. The molecule has 2 heterocycles. The van der Waals surface area contributed by atoms with Crippen LogP contribution >= 0.6 is 11.8 Å². The van der Waals surface area contributed by atoms with Crippen molar-refractivity contribution in [2.24, 2.45) is 10.1 Å². The van der Waals surface area contributed by atoms with Gasteiger partial charge in [0, 0.05) is 5.56 Å². The second-order valence-electron chi connectivity index (χ2n) is 10.1. The number of carbonyl (C=O) groups is 1. The average molecular weight is 599 g/mol. The Kier molecular flexibility index (Phi) is 9.16. The van der Waals surface area contributed by atoms with Gasteiger partial charge in [0.15, 0.2) is 17.3 Å². The number of rotatable bonds is 11. The van der Waals surface area contributed by atoms with Crippen molar-refractivity contribution < 1.29 is 23.7 Å². The van der Waals surface area contributed by atoms with Crippen LogP contribution in [0.3, 0.4) is 0 Å². The third-order valence-electron chi connectivity index (χ3n) is 7.17. The van der Waals surface area contributed by atoms with Gasteiger partial charge in [-0.1, -0.05) is 49.7 Å². The molecule has 222 valence electrons. The Balaban J connectivity index is 1.30. The van der Waals surface area contributed by atoms with E-state index in [0.717, 1.165) is 23.3 Å². The van der Waals surface area contributed by atoms with E-state index in [2.05, 4.69) is 36.1 Å². The number of thioether (sulfide) groups is 1. The van der Waals surface area contributed by atoms with E-state index in [9.17, 15) is 4.79 Å². The molecule has 0 radical (unpaired) electrons. The molecule has 1 N–H and O–H groups in total. The minimum Gasteiger partial charge on any atom is -0.493 e. The van der Waals surface area contributed by atoms with Gasteiger partial charge in [-0.3, -0.25) is 10.2 Å². The first-order valence-electron chi connectivity index (χ1n) is 14.0. The molecule has 0 fully saturated rings. The van der Waals surface area contributed by atoms with Gasteiger partial charge in [0.05, 0.1) is 19.8 Å². The van der Waals surface area contributed by atoms with Crippen LogP contribution in [0.25, 0.3) is 6.08 Å². The number of hydrazone groups is 1. The molecule has 0 bridgehead atoms. The normalized spacial score (nSPS) is 16.0. The number of fused-ring (bicyclic) bond motifs is 1. The Morgan fingerprint density at radius 2 is 1.70 bits per heavy atom. The zero-order chi connectivity index (χ0) is 30.5. The Bertz CT molecular complexity index is 1610. The standard InChI is InChI=1S/C33H34N4O5S/c1-6-21(3)23-10-12-25(13-11-23)41-14-15-42-29-27(39-4)18-22(19-28(29)40-5)17-26-30(34)37-33(35-31(26)38)43-32(36-37)24-9-7-8-20(2)16-24/h7-13,16-19,21,34H,6,14-15H2,1-5H3/b26-17-,34-30?. The number of methoxy groups -OCH3 is 2. The van der Waals surface area contributed by atoms with Crippen molar-refractivity contribution in [3.05, 3.63) is 88.5 Å². The van der Waals surface area contributed by atoms with Crippen LogP contribution in [-0.2, 0) is 4.79 Å². The van der Waals surface area contributed by atoms with Gasteiger partial charge < -0.3 is 18.9 Å². The summed E-state index contributed by atoms with van der Waals surface area (Å²) >= 11 is 1.27. The highest BCUT2D eigenvalue weighted by molar-refractivity contribution is 8.27. The van der Waals surface area contributed by atoms with Gasteiger partial charge in [-0.25, -0.2) is 0 Å². The lowest BCUT2D eigenvalue weighted by Gasteiger charge is -2.20. The zero-order valence-corrected chi connectivity index (χ0v) is 25.7. The van der Waals surface area contributed by atoms with E-state index in [1.807, 2.05) is 43.3 Å². The number of ether oxygens (including phenoxy) is 4. The van der Waals surface area contributed by atoms with E-state index >= 15 is 0 Å². The van der Waals surface area contributed by atoms with Crippen molar-refractivity contribution in [2.75, 3.05) is 27.4 Å². The molecule has 10 heteroatoms. The topological polar surface area (TPSA) is 106 Å². The number of carbonyl (C=O) groups excluding carboxylic acids is 1. The van der Waals surface area contributed by atoms with Gasteiger partial charge in [0.25, 0.3) is 5.91 Å². The minimum absolute atomic E-state index is 0.0576. The molecule has 2 aliphatic heterocycles. The maximum Gasteiger partial charge on any atom is 0.283 e. The predicted octanol–water partition coefficient (Wildman–Crippen LogP) is 6.65. The third kappa shape index (κ3) is 6.59. The highest BCUT2D eigenvalue weighted by atomic mass is 32.2. The molecule has 0 saturated carbocycles. The van der Waals surface area contributed by atoms with E-state index in [0.29, 0.717) is 45.5 Å². The summed E-state index contributed by atoms with van der Waals surface area (Å²) < 4.78 is 23.1. The maximum absolute atomic E-state index is 13.0. The van der Waals surface area contributed by atoms with Crippen molar-refractivity contribution in [3.8, 4) is 23.0 Å². The largest absolute Gasteiger partial charge is 0.493 e. The number of amides is 1. The van der Waals surface area contributed by atoms with Crippen LogP contribution in [0, 0.1) is 12.3 Å². The Morgan fingerprint density at radius 3 is 2.35 bits per heavy atom. The fourth-order valence-electron chi connectivity index (χ4n) is 4.61. The quantitative estimate of drug-likeness (QED) is 0.195. The predicted molar refractivity (Wildman–Crippen MR) is 171 cm³/mol. The summed E-state index contributed by atoms with van der Waals surface area (Å²) in [6.07, 6.45) is 2.67. The van der Waals surface area contributed by atoms with Gasteiger partial charge in [-0.15, -0.1) is 0 Å². The fraction of sp³-hybridized carbons (Fsp3) is 0.273. The lowest BCUT2D eigenvalue weighted by atomic mass is 9.99. The van der Waals surface area contributed by atoms with E-state index in [1.165, 1.54) is 36.6 Å². The van der Waals surface area contributed by atoms with Crippen molar-refractivity contribution in [1.82, 2.24) is 5.01 Å². The molecule has 43 heavy (non-hydrogen) atoms. The van der Waals surface area contributed by atoms with Gasteiger partial charge >= 0.3 is 0 Å². The number of hydrogen-bond donors (Lipinski definition) is 1. The summed E-state index contributed by atoms with van der Waals surface area (Å²) in [7, 11) is 3.06. The minimum atomic E-state index is -0.517. The Hall–Kier alpha value is -4.57. The number of aliphatic imine (C=N–C) groups is 1. The molecule has 5 rings (SSSR count). The summed E-state index contributed by atoms with van der Waals surface area (Å²) in [5.41, 5.74) is 3.97. The van der Waals surface area contributed by atoms with Crippen molar-refractivity contribution in [1.29, 1.82) is 5.41 Å². The van der Waals surface area contributed by atoms with Crippen LogP contribution in [0.5, 0.6) is 23.0 Å². The molecule has 2 aliphatic rings. The molecule has 0 spiro atoms. The van der Waals surface area contributed by atoms with Crippen molar-refractivity contribution in [3.63, 3.8) is 0 Å². The van der Waals surface area contributed by atoms with Crippen LogP contribution in [-0.4, -0.2) is 54.4 Å². The third-order valence-corrected chi connectivity index (χ3v) is 8.13. The van der Waals surface area contributed by atoms with Gasteiger partial charge in [-0.05, 0) is 78.6 Å². The SMILES string of the molecule is CCC(C)c1ccc(OCCOc2c(OC)cc(/C=C3/C(=N)N4N=C(c5cccc(C)c5)SC4=NC3=O)cc2OC)cc1. The van der Waals surface area contributed by atoms with Gasteiger partial charge in [-0.2, -0.15) is 15.1 Å². The molecular formula is C33H34N4O5S. The lowest BCUT2D eigenvalue weighted by Crippen LogP contribution is -2.35. The van der Waals surface area contributed by atoms with E-state index < -0.39 is 5.91 Å².